The first-order chi connectivity index (χ1) is 13.0. The Bertz CT molecular complexity index is 677. The van der Waals surface area contributed by atoms with Gasteiger partial charge in [0.15, 0.2) is 5.96 Å². The van der Waals surface area contributed by atoms with Gasteiger partial charge >= 0.3 is 0 Å². The van der Waals surface area contributed by atoms with Gasteiger partial charge in [0.2, 0.25) is 10.0 Å². The third-order valence-corrected chi connectivity index (χ3v) is 6.02. The van der Waals surface area contributed by atoms with E-state index < -0.39 is 10.0 Å². The second kappa shape index (κ2) is 13.3. The van der Waals surface area contributed by atoms with Crippen molar-refractivity contribution in [3.05, 3.63) is 35.9 Å². The number of nitrogens with zero attached hydrogens (tertiary/aromatic N) is 2. The average molecular weight is 523 g/mol. The molecule has 28 heavy (non-hydrogen) atoms. The standard InChI is InChI=1S/C19H33N5O2S.HI/c1-3-12-24-13-9-18(10-14-24)23-19(20-2)21-11-15-27(25,26)22-16-17-7-5-4-6-8-17;/h4-8,18,22H,3,9-16H2,1-2H3,(H2,20,21,23);1H. The summed E-state index contributed by atoms with van der Waals surface area (Å²) < 4.78 is 26.9. The van der Waals surface area contributed by atoms with Crippen molar-refractivity contribution in [3.8, 4) is 0 Å². The molecule has 1 fully saturated rings. The van der Waals surface area contributed by atoms with Crippen LogP contribution in [-0.2, 0) is 16.6 Å². The molecule has 2 rings (SSSR count). The molecule has 0 atom stereocenters. The van der Waals surface area contributed by atoms with Crippen LogP contribution in [0.15, 0.2) is 35.3 Å². The van der Waals surface area contributed by atoms with Gasteiger partial charge < -0.3 is 15.5 Å². The van der Waals surface area contributed by atoms with Gasteiger partial charge in [-0.25, -0.2) is 13.1 Å². The number of guanidine groups is 1. The molecule has 0 aromatic heterocycles. The van der Waals surface area contributed by atoms with Crippen LogP contribution in [-0.4, -0.2) is 64.3 Å². The normalized spacial score (nSPS) is 16.4. The Balaban J connectivity index is 0.00000392. The van der Waals surface area contributed by atoms with Gasteiger partial charge in [-0.15, -0.1) is 24.0 Å². The van der Waals surface area contributed by atoms with Crippen LogP contribution in [0.4, 0.5) is 0 Å². The lowest BCUT2D eigenvalue weighted by Crippen LogP contribution is -2.49. The summed E-state index contributed by atoms with van der Waals surface area (Å²) in [6.07, 6.45) is 3.35. The van der Waals surface area contributed by atoms with E-state index in [-0.39, 0.29) is 29.7 Å². The Morgan fingerprint density at radius 1 is 1.21 bits per heavy atom. The molecule has 1 saturated heterocycles. The topological polar surface area (TPSA) is 85.8 Å². The third kappa shape index (κ3) is 9.53. The summed E-state index contributed by atoms with van der Waals surface area (Å²) in [5.74, 6) is 0.678. The zero-order chi connectivity index (χ0) is 19.5. The van der Waals surface area contributed by atoms with Crippen LogP contribution in [0.2, 0.25) is 0 Å². The van der Waals surface area contributed by atoms with Crippen molar-refractivity contribution in [3.63, 3.8) is 0 Å². The van der Waals surface area contributed by atoms with Crippen LogP contribution in [0, 0.1) is 0 Å². The van der Waals surface area contributed by atoms with Crippen molar-refractivity contribution >= 4 is 40.0 Å². The number of hydrogen-bond donors (Lipinski definition) is 3. The molecule has 7 nitrogen and oxygen atoms in total. The minimum absolute atomic E-state index is 0. The first-order valence-electron chi connectivity index (χ1n) is 9.73. The van der Waals surface area contributed by atoms with E-state index in [0.717, 1.165) is 38.0 Å². The number of likely N-dealkylation sites (tertiary alicyclic amines) is 1. The smallest absolute Gasteiger partial charge is 0.213 e. The number of halogens is 1. The summed E-state index contributed by atoms with van der Waals surface area (Å²) in [4.78, 5) is 6.70. The minimum Gasteiger partial charge on any atom is -0.355 e. The first-order valence-corrected chi connectivity index (χ1v) is 11.4. The second-order valence-corrected chi connectivity index (χ2v) is 8.81. The molecule has 0 saturated carbocycles. The number of rotatable bonds is 9. The van der Waals surface area contributed by atoms with Gasteiger partial charge in [0, 0.05) is 39.3 Å². The monoisotopic (exact) mass is 523 g/mol. The van der Waals surface area contributed by atoms with Crippen LogP contribution >= 0.6 is 24.0 Å². The van der Waals surface area contributed by atoms with Crippen molar-refractivity contribution in [1.29, 1.82) is 0 Å². The molecule has 160 valence electrons. The van der Waals surface area contributed by atoms with Gasteiger partial charge in [-0.3, -0.25) is 4.99 Å². The Hall–Kier alpha value is -0.910. The lowest BCUT2D eigenvalue weighted by atomic mass is 10.1. The van der Waals surface area contributed by atoms with Gasteiger partial charge in [-0.2, -0.15) is 0 Å². The van der Waals surface area contributed by atoms with Gasteiger partial charge in [-0.1, -0.05) is 37.3 Å². The van der Waals surface area contributed by atoms with E-state index in [1.54, 1.807) is 7.05 Å². The average Bonchev–Trinajstić information content (AvgIpc) is 2.68. The third-order valence-electron chi connectivity index (χ3n) is 4.69. The van der Waals surface area contributed by atoms with E-state index in [0.29, 0.717) is 25.1 Å². The van der Waals surface area contributed by atoms with Crippen LogP contribution < -0.4 is 15.4 Å². The molecule has 0 spiro atoms. The maximum atomic E-state index is 12.1. The highest BCUT2D eigenvalue weighted by Crippen LogP contribution is 2.10. The molecule has 1 aromatic carbocycles. The predicted molar refractivity (Wildman–Crippen MR) is 127 cm³/mol. The molecule has 3 N–H and O–H groups in total. The molecule has 0 radical (unpaired) electrons. The van der Waals surface area contributed by atoms with E-state index >= 15 is 0 Å². The lowest BCUT2D eigenvalue weighted by molar-refractivity contribution is 0.206. The van der Waals surface area contributed by atoms with Gasteiger partial charge in [0.25, 0.3) is 0 Å². The SMILES string of the molecule is CCCN1CCC(NC(=NC)NCCS(=O)(=O)NCc2ccccc2)CC1.I. The van der Waals surface area contributed by atoms with Crippen LogP contribution in [0.3, 0.4) is 0 Å². The quantitative estimate of drug-likeness (QED) is 0.261. The largest absolute Gasteiger partial charge is 0.355 e. The van der Waals surface area contributed by atoms with Gasteiger partial charge in [0.1, 0.15) is 0 Å². The molecule has 1 heterocycles. The van der Waals surface area contributed by atoms with Gasteiger partial charge in [-0.05, 0) is 31.4 Å². The predicted octanol–water partition coefficient (Wildman–Crippen LogP) is 1.76. The maximum Gasteiger partial charge on any atom is 0.213 e. The fourth-order valence-corrected chi connectivity index (χ4v) is 4.07. The van der Waals surface area contributed by atoms with Crippen molar-refractivity contribution in [1.82, 2.24) is 20.3 Å². The molecular weight excluding hydrogens is 489 g/mol. The molecular formula is C19H34IN5O2S. The second-order valence-electron chi connectivity index (χ2n) is 6.88. The minimum atomic E-state index is -3.33. The number of sulfonamides is 1. The van der Waals surface area contributed by atoms with Crippen molar-refractivity contribution in [2.45, 2.75) is 38.8 Å². The zero-order valence-electron chi connectivity index (χ0n) is 16.9. The molecule has 0 aliphatic carbocycles. The molecule has 1 aliphatic heterocycles. The zero-order valence-corrected chi connectivity index (χ0v) is 20.0. The van der Waals surface area contributed by atoms with Crippen LogP contribution in [0.1, 0.15) is 31.7 Å². The molecule has 1 aliphatic rings. The first kappa shape index (κ1) is 25.1. The molecule has 0 amide bonds. The van der Waals surface area contributed by atoms with Crippen molar-refractivity contribution < 1.29 is 8.42 Å². The number of piperidine rings is 1. The summed E-state index contributed by atoms with van der Waals surface area (Å²) in [6, 6.07) is 9.89. The summed E-state index contributed by atoms with van der Waals surface area (Å²) in [7, 11) is -1.62. The maximum absolute atomic E-state index is 12.1. The Kier molecular flexibility index (Phi) is 12.0. The Morgan fingerprint density at radius 3 is 2.50 bits per heavy atom. The van der Waals surface area contributed by atoms with E-state index in [2.05, 4.69) is 32.2 Å². The number of aliphatic imine (C=N–C) groups is 1. The molecule has 9 heteroatoms. The number of nitrogens with one attached hydrogen (secondary N) is 3. The van der Waals surface area contributed by atoms with Crippen LogP contribution in [0.25, 0.3) is 0 Å². The summed E-state index contributed by atoms with van der Waals surface area (Å²) in [6.45, 7) is 6.19. The number of benzene rings is 1. The van der Waals surface area contributed by atoms with E-state index in [1.165, 1.54) is 6.42 Å². The van der Waals surface area contributed by atoms with E-state index in [9.17, 15) is 8.42 Å². The fraction of sp³-hybridized carbons (Fsp3) is 0.632. The van der Waals surface area contributed by atoms with E-state index in [4.69, 9.17) is 0 Å². The Labute approximate surface area is 186 Å². The highest BCUT2D eigenvalue weighted by molar-refractivity contribution is 14.0. The summed E-state index contributed by atoms with van der Waals surface area (Å²) >= 11 is 0. The fourth-order valence-electron chi connectivity index (χ4n) is 3.17. The summed E-state index contributed by atoms with van der Waals surface area (Å²) in [5.41, 5.74) is 0.945. The lowest BCUT2D eigenvalue weighted by Gasteiger charge is -2.32. The Morgan fingerprint density at radius 2 is 1.89 bits per heavy atom. The molecule has 0 unspecified atom stereocenters. The number of hydrogen-bond acceptors (Lipinski definition) is 4. The van der Waals surface area contributed by atoms with E-state index in [1.807, 2.05) is 30.3 Å². The highest BCUT2D eigenvalue weighted by atomic mass is 127. The molecule has 0 bridgehead atoms. The highest BCUT2D eigenvalue weighted by Gasteiger charge is 2.19. The summed E-state index contributed by atoms with van der Waals surface area (Å²) in [5, 5.41) is 6.52. The van der Waals surface area contributed by atoms with Crippen molar-refractivity contribution in [2.24, 2.45) is 4.99 Å². The van der Waals surface area contributed by atoms with Crippen molar-refractivity contribution in [2.75, 3.05) is 39.0 Å². The molecule has 1 aromatic rings. The van der Waals surface area contributed by atoms with Crippen LogP contribution in [0.5, 0.6) is 0 Å². The van der Waals surface area contributed by atoms with Gasteiger partial charge in [0.05, 0.1) is 5.75 Å².